The van der Waals surface area contributed by atoms with Gasteiger partial charge in [0.15, 0.2) is 0 Å². The van der Waals surface area contributed by atoms with Gasteiger partial charge in [-0.1, -0.05) is 17.7 Å². The summed E-state index contributed by atoms with van der Waals surface area (Å²) in [5.41, 5.74) is 1.34. The van der Waals surface area contributed by atoms with Crippen LogP contribution in [-0.2, 0) is 0 Å². The highest BCUT2D eigenvalue weighted by molar-refractivity contribution is 7.99. The number of hydrogen-bond donors (Lipinski definition) is 1. The lowest BCUT2D eigenvalue weighted by Crippen LogP contribution is -2.42. The summed E-state index contributed by atoms with van der Waals surface area (Å²) in [4.78, 5) is 4.00. The first kappa shape index (κ1) is 15.9. The summed E-state index contributed by atoms with van der Waals surface area (Å²) < 4.78 is 0. The standard InChI is InChI=1S/C17H28N2S/c1-14(2)19(13-16-5-4-10-18-16)11-12-20-17-8-6-15(3)7-9-17/h6-9,14,16,18H,4-5,10-13H2,1-3H3. The third-order valence-electron chi connectivity index (χ3n) is 4.02. The molecular weight excluding hydrogens is 264 g/mol. The summed E-state index contributed by atoms with van der Waals surface area (Å²) in [6, 6.07) is 10.2. The number of nitrogens with zero attached hydrogens (tertiary/aromatic N) is 1. The first-order valence-corrected chi connectivity index (χ1v) is 8.80. The van der Waals surface area contributed by atoms with E-state index in [2.05, 4.69) is 55.3 Å². The molecule has 1 unspecified atom stereocenters. The van der Waals surface area contributed by atoms with Crippen molar-refractivity contribution in [2.24, 2.45) is 0 Å². The summed E-state index contributed by atoms with van der Waals surface area (Å²) in [6.45, 7) is 10.3. The molecule has 1 atom stereocenters. The van der Waals surface area contributed by atoms with Gasteiger partial charge >= 0.3 is 0 Å². The van der Waals surface area contributed by atoms with Crippen molar-refractivity contribution in [3.8, 4) is 0 Å². The molecule has 1 aliphatic heterocycles. The molecule has 1 heterocycles. The number of rotatable bonds is 7. The zero-order chi connectivity index (χ0) is 14.4. The lowest BCUT2D eigenvalue weighted by molar-refractivity contribution is 0.215. The second-order valence-corrected chi connectivity index (χ2v) is 7.21. The summed E-state index contributed by atoms with van der Waals surface area (Å²) in [5, 5.41) is 3.61. The van der Waals surface area contributed by atoms with Crippen LogP contribution in [0.3, 0.4) is 0 Å². The number of thioether (sulfide) groups is 1. The van der Waals surface area contributed by atoms with Gasteiger partial charge in [-0.05, 0) is 52.3 Å². The molecule has 0 aliphatic carbocycles. The number of benzene rings is 1. The maximum absolute atomic E-state index is 3.61. The van der Waals surface area contributed by atoms with Gasteiger partial charge in [-0.25, -0.2) is 0 Å². The van der Waals surface area contributed by atoms with Gasteiger partial charge < -0.3 is 5.32 Å². The van der Waals surface area contributed by atoms with Gasteiger partial charge in [0.1, 0.15) is 0 Å². The van der Waals surface area contributed by atoms with E-state index in [9.17, 15) is 0 Å². The SMILES string of the molecule is Cc1ccc(SCCN(CC2CCCN2)C(C)C)cc1. The smallest absolute Gasteiger partial charge is 0.0195 e. The van der Waals surface area contributed by atoms with E-state index in [-0.39, 0.29) is 0 Å². The van der Waals surface area contributed by atoms with Crippen LogP contribution in [0.2, 0.25) is 0 Å². The molecule has 2 nitrogen and oxygen atoms in total. The fourth-order valence-electron chi connectivity index (χ4n) is 2.67. The molecule has 0 amide bonds. The van der Waals surface area contributed by atoms with Crippen LogP contribution in [0.5, 0.6) is 0 Å². The van der Waals surface area contributed by atoms with E-state index < -0.39 is 0 Å². The third-order valence-corrected chi connectivity index (χ3v) is 5.01. The molecular formula is C17H28N2S. The van der Waals surface area contributed by atoms with Gasteiger partial charge in [0.2, 0.25) is 0 Å². The Morgan fingerprint density at radius 1 is 1.30 bits per heavy atom. The summed E-state index contributed by atoms with van der Waals surface area (Å²) >= 11 is 1.97. The number of hydrogen-bond acceptors (Lipinski definition) is 3. The Bertz CT molecular complexity index is 382. The summed E-state index contributed by atoms with van der Waals surface area (Å²) in [7, 11) is 0. The van der Waals surface area contributed by atoms with Crippen molar-refractivity contribution in [1.82, 2.24) is 10.2 Å². The van der Waals surface area contributed by atoms with Crippen LogP contribution in [0.15, 0.2) is 29.2 Å². The Hall–Kier alpha value is -0.510. The van der Waals surface area contributed by atoms with Crippen molar-refractivity contribution in [2.75, 3.05) is 25.4 Å². The molecule has 3 heteroatoms. The quantitative estimate of drug-likeness (QED) is 0.774. The maximum Gasteiger partial charge on any atom is 0.0195 e. The first-order valence-electron chi connectivity index (χ1n) is 7.82. The van der Waals surface area contributed by atoms with Crippen molar-refractivity contribution >= 4 is 11.8 Å². The molecule has 0 aromatic heterocycles. The van der Waals surface area contributed by atoms with Crippen LogP contribution >= 0.6 is 11.8 Å². The molecule has 0 spiro atoms. The van der Waals surface area contributed by atoms with E-state index in [0.717, 1.165) is 0 Å². The molecule has 20 heavy (non-hydrogen) atoms. The lowest BCUT2D eigenvalue weighted by atomic mass is 10.2. The Kier molecular flexibility index (Phi) is 6.40. The minimum atomic E-state index is 0.635. The van der Waals surface area contributed by atoms with Gasteiger partial charge in [-0.3, -0.25) is 4.90 Å². The van der Waals surface area contributed by atoms with Crippen molar-refractivity contribution in [3.05, 3.63) is 29.8 Å². The second kappa shape index (κ2) is 8.06. The van der Waals surface area contributed by atoms with Crippen LogP contribution in [-0.4, -0.2) is 42.4 Å². The Morgan fingerprint density at radius 3 is 2.65 bits per heavy atom. The second-order valence-electron chi connectivity index (χ2n) is 6.04. The fourth-order valence-corrected chi connectivity index (χ4v) is 3.56. The van der Waals surface area contributed by atoms with Crippen LogP contribution in [0.25, 0.3) is 0 Å². The van der Waals surface area contributed by atoms with Gasteiger partial charge in [-0.15, -0.1) is 11.8 Å². The Morgan fingerprint density at radius 2 is 2.05 bits per heavy atom. The van der Waals surface area contributed by atoms with Gasteiger partial charge in [0.05, 0.1) is 0 Å². The Labute approximate surface area is 128 Å². The van der Waals surface area contributed by atoms with Gasteiger partial charge in [0, 0.05) is 35.8 Å². The van der Waals surface area contributed by atoms with Gasteiger partial charge in [0.25, 0.3) is 0 Å². The highest BCUT2D eigenvalue weighted by atomic mass is 32.2. The van der Waals surface area contributed by atoms with Crippen molar-refractivity contribution in [2.45, 2.75) is 50.6 Å². The molecule has 1 aromatic rings. The van der Waals surface area contributed by atoms with Crippen molar-refractivity contribution in [3.63, 3.8) is 0 Å². The molecule has 0 bridgehead atoms. The number of aryl methyl sites for hydroxylation is 1. The molecule has 0 radical (unpaired) electrons. The minimum Gasteiger partial charge on any atom is -0.313 e. The molecule has 1 saturated heterocycles. The average molecular weight is 292 g/mol. The lowest BCUT2D eigenvalue weighted by Gasteiger charge is -2.29. The Balaban J connectivity index is 1.75. The van der Waals surface area contributed by atoms with E-state index in [1.807, 2.05) is 11.8 Å². The minimum absolute atomic E-state index is 0.635. The number of nitrogens with one attached hydrogen (secondary N) is 1. The van der Waals surface area contributed by atoms with Gasteiger partial charge in [-0.2, -0.15) is 0 Å². The molecule has 2 rings (SSSR count). The predicted molar refractivity (Wildman–Crippen MR) is 89.6 cm³/mol. The molecule has 1 fully saturated rings. The van der Waals surface area contributed by atoms with Crippen LogP contribution in [0.1, 0.15) is 32.3 Å². The van der Waals surface area contributed by atoms with Crippen LogP contribution in [0, 0.1) is 6.92 Å². The maximum atomic E-state index is 3.61. The molecule has 0 saturated carbocycles. The largest absolute Gasteiger partial charge is 0.313 e. The van der Waals surface area contributed by atoms with Crippen molar-refractivity contribution in [1.29, 1.82) is 0 Å². The summed E-state index contributed by atoms with van der Waals surface area (Å²) in [6.07, 6.45) is 2.68. The summed E-state index contributed by atoms with van der Waals surface area (Å²) in [5.74, 6) is 1.17. The molecule has 1 N–H and O–H groups in total. The normalized spacial score (nSPS) is 19.1. The topological polar surface area (TPSA) is 15.3 Å². The third kappa shape index (κ3) is 5.12. The molecule has 112 valence electrons. The van der Waals surface area contributed by atoms with Crippen LogP contribution in [0.4, 0.5) is 0 Å². The van der Waals surface area contributed by atoms with E-state index in [1.165, 1.54) is 48.7 Å². The molecule has 1 aromatic carbocycles. The van der Waals surface area contributed by atoms with E-state index in [1.54, 1.807) is 0 Å². The fraction of sp³-hybridized carbons (Fsp3) is 0.647. The predicted octanol–water partition coefficient (Wildman–Crippen LogP) is 3.55. The highest BCUT2D eigenvalue weighted by Gasteiger charge is 2.19. The van der Waals surface area contributed by atoms with E-state index in [4.69, 9.17) is 0 Å². The van der Waals surface area contributed by atoms with E-state index in [0.29, 0.717) is 12.1 Å². The van der Waals surface area contributed by atoms with Crippen LogP contribution < -0.4 is 5.32 Å². The van der Waals surface area contributed by atoms with Crippen molar-refractivity contribution < 1.29 is 0 Å². The highest BCUT2D eigenvalue weighted by Crippen LogP contribution is 2.19. The average Bonchev–Trinajstić information content (AvgIpc) is 2.92. The zero-order valence-electron chi connectivity index (χ0n) is 13.1. The first-order chi connectivity index (χ1) is 9.65. The molecule has 1 aliphatic rings. The zero-order valence-corrected chi connectivity index (χ0v) is 13.9. The van der Waals surface area contributed by atoms with E-state index >= 15 is 0 Å². The monoisotopic (exact) mass is 292 g/mol.